The Hall–Kier alpha value is -2.39. The van der Waals surface area contributed by atoms with Gasteiger partial charge in [0.1, 0.15) is 5.82 Å². The van der Waals surface area contributed by atoms with Crippen molar-refractivity contribution in [3.63, 3.8) is 0 Å². The first-order valence-corrected chi connectivity index (χ1v) is 12.6. The molecule has 1 N–H and O–H groups in total. The van der Waals surface area contributed by atoms with Crippen molar-refractivity contribution in [1.82, 2.24) is 25.1 Å². The molecule has 7 nitrogen and oxygen atoms in total. The largest absolute Gasteiger partial charge is 0.453 e. The third-order valence-electron chi connectivity index (χ3n) is 8.81. The van der Waals surface area contributed by atoms with Crippen molar-refractivity contribution >= 4 is 17.4 Å². The number of rotatable bonds is 5. The maximum absolute atomic E-state index is 13.2. The molecule has 184 valence electrons. The van der Waals surface area contributed by atoms with E-state index in [-0.39, 0.29) is 17.5 Å². The van der Waals surface area contributed by atoms with Gasteiger partial charge in [-0.2, -0.15) is 17.7 Å². The maximum Gasteiger partial charge on any atom is 0.453 e. The number of fused-ring (bicyclic) bond motifs is 1. The third kappa shape index (κ3) is 4.02. The Bertz CT molecular complexity index is 1040. The number of piperidine rings is 1. The SMILES string of the molecule is O=C(NCCC12CC3CC(CC(C3)C1)C2)C1CCN(c2ccc3nnc(C(F)(F)F)n3n2)CC1. The summed E-state index contributed by atoms with van der Waals surface area (Å²) in [5, 5.41) is 14.1. The van der Waals surface area contributed by atoms with Crippen LogP contribution in [0.1, 0.15) is 63.6 Å². The molecule has 1 saturated heterocycles. The van der Waals surface area contributed by atoms with Crippen LogP contribution in [0.4, 0.5) is 19.0 Å². The molecule has 0 atom stereocenters. The van der Waals surface area contributed by atoms with Gasteiger partial charge < -0.3 is 10.2 Å². The first-order valence-electron chi connectivity index (χ1n) is 12.6. The van der Waals surface area contributed by atoms with Gasteiger partial charge >= 0.3 is 6.18 Å². The molecule has 34 heavy (non-hydrogen) atoms. The van der Waals surface area contributed by atoms with E-state index in [1.54, 1.807) is 6.07 Å². The molecule has 2 aromatic rings. The van der Waals surface area contributed by atoms with Crippen molar-refractivity contribution in [2.24, 2.45) is 29.1 Å². The number of nitrogens with zero attached hydrogens (tertiary/aromatic N) is 5. The van der Waals surface area contributed by atoms with Crippen molar-refractivity contribution in [2.75, 3.05) is 24.5 Å². The summed E-state index contributed by atoms with van der Waals surface area (Å²) in [4.78, 5) is 14.8. The lowest BCUT2D eigenvalue weighted by Crippen LogP contribution is -2.47. The van der Waals surface area contributed by atoms with E-state index in [9.17, 15) is 18.0 Å². The molecular weight excluding hydrogens is 445 g/mol. The highest BCUT2D eigenvalue weighted by molar-refractivity contribution is 5.79. The van der Waals surface area contributed by atoms with E-state index in [2.05, 4.69) is 20.6 Å². The average molecular weight is 477 g/mol. The minimum Gasteiger partial charge on any atom is -0.356 e. The molecule has 1 amide bonds. The minimum atomic E-state index is -4.62. The summed E-state index contributed by atoms with van der Waals surface area (Å²) in [5.74, 6) is 2.14. The molecule has 0 spiro atoms. The van der Waals surface area contributed by atoms with Crippen molar-refractivity contribution in [2.45, 2.75) is 64.0 Å². The summed E-state index contributed by atoms with van der Waals surface area (Å²) in [5.41, 5.74) is 0.525. The van der Waals surface area contributed by atoms with Crippen molar-refractivity contribution in [3.8, 4) is 0 Å². The molecule has 10 heteroatoms. The average Bonchev–Trinajstić information content (AvgIpc) is 3.22. The Morgan fingerprint density at radius 3 is 2.29 bits per heavy atom. The quantitative estimate of drug-likeness (QED) is 0.704. The van der Waals surface area contributed by atoms with Crippen LogP contribution in [0, 0.1) is 29.1 Å². The number of alkyl halides is 3. The van der Waals surface area contributed by atoms with Gasteiger partial charge in [-0.05, 0) is 93.1 Å². The van der Waals surface area contributed by atoms with Crippen LogP contribution in [0.3, 0.4) is 0 Å². The van der Waals surface area contributed by atoms with E-state index in [1.165, 1.54) is 44.6 Å². The smallest absolute Gasteiger partial charge is 0.356 e. The number of aromatic nitrogens is 4. The Morgan fingerprint density at radius 1 is 1.03 bits per heavy atom. The summed E-state index contributed by atoms with van der Waals surface area (Å²) in [6, 6.07) is 3.16. The Kier molecular flexibility index (Phi) is 5.26. The highest BCUT2D eigenvalue weighted by Gasteiger charge is 2.50. The normalized spacial score (nSPS) is 31.4. The molecule has 5 fully saturated rings. The number of nitrogens with one attached hydrogen (secondary N) is 1. The van der Waals surface area contributed by atoms with Gasteiger partial charge in [-0.25, -0.2) is 0 Å². The van der Waals surface area contributed by atoms with Crippen LogP contribution in [0.5, 0.6) is 0 Å². The fourth-order valence-corrected chi connectivity index (χ4v) is 7.69. The molecule has 2 aromatic heterocycles. The summed E-state index contributed by atoms with van der Waals surface area (Å²) in [6.45, 7) is 1.92. The highest BCUT2D eigenvalue weighted by Crippen LogP contribution is 2.61. The van der Waals surface area contributed by atoms with Gasteiger partial charge in [-0.15, -0.1) is 15.3 Å². The van der Waals surface area contributed by atoms with Crippen LogP contribution >= 0.6 is 0 Å². The number of halogens is 3. The van der Waals surface area contributed by atoms with Crippen LogP contribution in [0.15, 0.2) is 12.1 Å². The highest BCUT2D eigenvalue weighted by atomic mass is 19.4. The molecular formula is C24H31F3N6O. The van der Waals surface area contributed by atoms with E-state index in [0.29, 0.717) is 37.2 Å². The number of hydrogen-bond acceptors (Lipinski definition) is 5. The van der Waals surface area contributed by atoms with Gasteiger partial charge in [0, 0.05) is 25.6 Å². The minimum absolute atomic E-state index is 0.0583. The number of carbonyl (C=O) groups excluding carboxylic acids is 1. The first-order chi connectivity index (χ1) is 16.3. The second-order valence-corrected chi connectivity index (χ2v) is 11.2. The molecule has 4 bridgehead atoms. The lowest BCUT2D eigenvalue weighted by Gasteiger charge is -2.57. The van der Waals surface area contributed by atoms with E-state index in [4.69, 9.17) is 0 Å². The van der Waals surface area contributed by atoms with Gasteiger partial charge in [-0.3, -0.25) is 4.79 Å². The van der Waals surface area contributed by atoms with Gasteiger partial charge in [0.2, 0.25) is 5.91 Å². The zero-order chi connectivity index (χ0) is 23.5. The molecule has 3 heterocycles. The molecule has 4 aliphatic carbocycles. The summed E-state index contributed by atoms with van der Waals surface area (Å²) < 4.78 is 40.2. The molecule has 0 unspecified atom stereocenters. The van der Waals surface area contributed by atoms with E-state index >= 15 is 0 Å². The fraction of sp³-hybridized carbons (Fsp3) is 0.750. The maximum atomic E-state index is 13.2. The lowest BCUT2D eigenvalue weighted by atomic mass is 9.49. The van der Waals surface area contributed by atoms with E-state index in [0.717, 1.165) is 35.2 Å². The van der Waals surface area contributed by atoms with Crippen LogP contribution in [-0.2, 0) is 11.0 Å². The number of anilines is 1. The number of hydrogen-bond donors (Lipinski definition) is 1. The lowest BCUT2D eigenvalue weighted by molar-refractivity contribution is -0.146. The zero-order valence-corrected chi connectivity index (χ0v) is 19.2. The van der Waals surface area contributed by atoms with Crippen LogP contribution in [0.2, 0.25) is 0 Å². The van der Waals surface area contributed by atoms with Crippen LogP contribution in [0.25, 0.3) is 5.65 Å². The predicted molar refractivity (Wildman–Crippen MR) is 119 cm³/mol. The standard InChI is InChI=1S/C24H31F3N6O/c25-24(26,27)22-30-29-19-1-2-20(31-33(19)22)32-7-3-18(4-8-32)21(34)28-6-5-23-12-15-9-16(13-23)11-17(10-15)14-23/h1-2,15-18H,3-14H2,(H,28,34). The van der Waals surface area contributed by atoms with Gasteiger partial charge in [0.15, 0.2) is 5.65 Å². The summed E-state index contributed by atoms with van der Waals surface area (Å²) in [6.07, 6.45) is 6.17. The Balaban J connectivity index is 1.02. The predicted octanol–water partition coefficient (Wildman–Crippen LogP) is 4.08. The zero-order valence-electron chi connectivity index (χ0n) is 19.2. The van der Waals surface area contributed by atoms with Crippen molar-refractivity contribution < 1.29 is 18.0 Å². The number of amides is 1. The van der Waals surface area contributed by atoms with Crippen molar-refractivity contribution in [3.05, 3.63) is 18.0 Å². The second kappa shape index (κ2) is 8.09. The molecule has 0 aromatic carbocycles. The summed E-state index contributed by atoms with van der Waals surface area (Å²) in [7, 11) is 0. The Labute approximate surface area is 196 Å². The van der Waals surface area contributed by atoms with Gasteiger partial charge in [0.25, 0.3) is 5.82 Å². The second-order valence-electron chi connectivity index (χ2n) is 11.2. The Morgan fingerprint density at radius 2 is 1.68 bits per heavy atom. The molecule has 5 aliphatic rings. The van der Waals surface area contributed by atoms with Crippen molar-refractivity contribution in [1.29, 1.82) is 0 Å². The van der Waals surface area contributed by atoms with Gasteiger partial charge in [0.05, 0.1) is 0 Å². The number of carbonyl (C=O) groups is 1. The third-order valence-corrected chi connectivity index (χ3v) is 8.81. The molecule has 1 aliphatic heterocycles. The summed E-state index contributed by atoms with van der Waals surface area (Å²) >= 11 is 0. The monoisotopic (exact) mass is 476 g/mol. The molecule has 4 saturated carbocycles. The first kappa shape index (κ1) is 22.1. The van der Waals surface area contributed by atoms with Gasteiger partial charge in [-0.1, -0.05) is 0 Å². The molecule has 0 radical (unpaired) electrons. The van der Waals surface area contributed by atoms with E-state index < -0.39 is 12.0 Å². The van der Waals surface area contributed by atoms with Crippen LogP contribution in [-0.4, -0.2) is 45.4 Å². The van der Waals surface area contributed by atoms with Crippen LogP contribution < -0.4 is 10.2 Å². The molecule has 7 rings (SSSR count). The fourth-order valence-electron chi connectivity index (χ4n) is 7.69. The van der Waals surface area contributed by atoms with E-state index in [1.807, 2.05) is 4.90 Å². The topological polar surface area (TPSA) is 75.4 Å².